The Morgan fingerprint density at radius 1 is 1.13 bits per heavy atom. The van der Waals surface area contributed by atoms with Crippen molar-refractivity contribution in [2.45, 2.75) is 19.8 Å². The zero-order chi connectivity index (χ0) is 16.2. The molecular formula is C19H18N2OS. The third-order valence-corrected chi connectivity index (χ3v) is 4.53. The van der Waals surface area contributed by atoms with Gasteiger partial charge < -0.3 is 5.32 Å². The second-order valence-electron chi connectivity index (χ2n) is 5.58. The van der Waals surface area contributed by atoms with Gasteiger partial charge in [-0.05, 0) is 35.8 Å². The van der Waals surface area contributed by atoms with Crippen LogP contribution in [-0.4, -0.2) is 10.9 Å². The average molecular weight is 322 g/mol. The molecule has 2 aromatic carbocycles. The monoisotopic (exact) mass is 322 g/mol. The zero-order valence-electron chi connectivity index (χ0n) is 13.1. The average Bonchev–Trinajstić information content (AvgIpc) is 2.96. The first-order valence-corrected chi connectivity index (χ1v) is 8.38. The summed E-state index contributed by atoms with van der Waals surface area (Å²) in [5.74, 6) is 0.220. The zero-order valence-corrected chi connectivity index (χ0v) is 13.9. The molecule has 0 aliphatic heterocycles. The maximum atomic E-state index is 12.2. The molecule has 3 rings (SSSR count). The largest absolute Gasteiger partial charge is 0.322 e. The van der Waals surface area contributed by atoms with Gasteiger partial charge in [-0.1, -0.05) is 44.2 Å². The molecule has 3 nitrogen and oxygen atoms in total. The fourth-order valence-corrected chi connectivity index (χ4v) is 3.27. The number of amides is 1. The summed E-state index contributed by atoms with van der Waals surface area (Å²) < 4.78 is 1.12. The van der Waals surface area contributed by atoms with Gasteiger partial charge in [0.1, 0.15) is 5.01 Å². The van der Waals surface area contributed by atoms with Crippen LogP contribution >= 0.6 is 11.3 Å². The second-order valence-corrected chi connectivity index (χ2v) is 6.65. The molecule has 0 radical (unpaired) electrons. The van der Waals surface area contributed by atoms with Crippen LogP contribution in [0.1, 0.15) is 30.3 Å². The van der Waals surface area contributed by atoms with Crippen LogP contribution in [0.3, 0.4) is 0 Å². The van der Waals surface area contributed by atoms with Crippen LogP contribution in [0.25, 0.3) is 16.3 Å². The Kier molecular flexibility index (Phi) is 4.53. The van der Waals surface area contributed by atoms with Crippen LogP contribution in [-0.2, 0) is 4.79 Å². The summed E-state index contributed by atoms with van der Waals surface area (Å²) in [5.41, 5.74) is 2.96. The van der Waals surface area contributed by atoms with Crippen LogP contribution in [0.2, 0.25) is 0 Å². The minimum absolute atomic E-state index is 0.141. The van der Waals surface area contributed by atoms with Crippen molar-refractivity contribution in [2.24, 2.45) is 0 Å². The van der Waals surface area contributed by atoms with E-state index in [1.807, 2.05) is 48.5 Å². The molecule has 1 heterocycles. The van der Waals surface area contributed by atoms with Crippen LogP contribution in [0, 0.1) is 0 Å². The Balaban J connectivity index is 1.74. The van der Waals surface area contributed by atoms with Crippen molar-refractivity contribution in [3.8, 4) is 0 Å². The van der Waals surface area contributed by atoms with Gasteiger partial charge in [0.25, 0.3) is 0 Å². The number of thiazole rings is 1. The minimum atomic E-state index is -0.141. The van der Waals surface area contributed by atoms with Crippen molar-refractivity contribution in [3.63, 3.8) is 0 Å². The van der Waals surface area contributed by atoms with Crippen molar-refractivity contribution < 1.29 is 4.79 Å². The van der Waals surface area contributed by atoms with Crippen molar-refractivity contribution in [1.29, 1.82) is 0 Å². The molecule has 116 valence electrons. The smallest absolute Gasteiger partial charge is 0.248 e. The van der Waals surface area contributed by atoms with E-state index in [9.17, 15) is 4.79 Å². The van der Waals surface area contributed by atoms with E-state index in [2.05, 4.69) is 24.1 Å². The van der Waals surface area contributed by atoms with Gasteiger partial charge in [-0.3, -0.25) is 4.79 Å². The van der Waals surface area contributed by atoms with Crippen LogP contribution in [0.5, 0.6) is 0 Å². The molecule has 0 unspecified atom stereocenters. The Bertz CT molecular complexity index is 831. The summed E-state index contributed by atoms with van der Waals surface area (Å²) in [6.07, 6.45) is 3.30. The number of nitrogens with zero attached hydrogens (tertiary/aromatic N) is 1. The molecule has 0 aliphatic rings. The molecular weight excluding hydrogens is 304 g/mol. The third kappa shape index (κ3) is 3.66. The lowest BCUT2D eigenvalue weighted by Gasteiger charge is -2.12. The lowest BCUT2D eigenvalue weighted by atomic mass is 10.0. The van der Waals surface area contributed by atoms with Gasteiger partial charge in [0.05, 0.1) is 10.2 Å². The van der Waals surface area contributed by atoms with E-state index in [1.165, 1.54) is 6.08 Å². The van der Waals surface area contributed by atoms with Gasteiger partial charge in [0.2, 0.25) is 5.91 Å². The minimum Gasteiger partial charge on any atom is -0.322 e. The Hall–Kier alpha value is -2.46. The number of anilines is 1. The summed E-state index contributed by atoms with van der Waals surface area (Å²) in [6, 6.07) is 15.8. The number of carbonyl (C=O) groups is 1. The summed E-state index contributed by atoms with van der Waals surface area (Å²) in [5, 5.41) is 3.78. The molecule has 3 aromatic rings. The topological polar surface area (TPSA) is 42.0 Å². The van der Waals surface area contributed by atoms with Gasteiger partial charge >= 0.3 is 0 Å². The number of aromatic nitrogens is 1. The predicted octanol–water partition coefficient (Wildman–Crippen LogP) is 5.07. The van der Waals surface area contributed by atoms with Crippen LogP contribution in [0.4, 0.5) is 5.69 Å². The van der Waals surface area contributed by atoms with Crippen LogP contribution < -0.4 is 5.32 Å². The van der Waals surface area contributed by atoms with E-state index in [-0.39, 0.29) is 5.91 Å². The fraction of sp³-hybridized carbons (Fsp3) is 0.158. The molecule has 0 saturated heterocycles. The number of nitrogens with one attached hydrogen (secondary N) is 1. The molecule has 1 amide bonds. The number of para-hydroxylation sites is 2. The van der Waals surface area contributed by atoms with Gasteiger partial charge in [-0.2, -0.15) is 0 Å². The van der Waals surface area contributed by atoms with Gasteiger partial charge in [0, 0.05) is 11.8 Å². The highest BCUT2D eigenvalue weighted by molar-refractivity contribution is 7.19. The number of hydrogen-bond acceptors (Lipinski definition) is 3. The number of fused-ring (bicyclic) bond motifs is 1. The lowest BCUT2D eigenvalue weighted by molar-refractivity contribution is -0.111. The Morgan fingerprint density at radius 3 is 2.65 bits per heavy atom. The first-order valence-electron chi connectivity index (χ1n) is 7.57. The van der Waals surface area contributed by atoms with Crippen molar-refractivity contribution in [3.05, 3.63) is 65.2 Å². The number of benzene rings is 2. The molecule has 1 N–H and O–H groups in total. The standard InChI is InChI=1S/C19H18N2OS/c1-13(2)14-7-3-4-8-15(14)20-18(22)11-12-19-21-16-9-5-6-10-17(16)23-19/h3-13H,1-2H3,(H,20,22)/b12-11+. The van der Waals surface area contributed by atoms with Crippen molar-refractivity contribution in [2.75, 3.05) is 5.32 Å². The molecule has 23 heavy (non-hydrogen) atoms. The van der Waals surface area contributed by atoms with Gasteiger partial charge in [0.15, 0.2) is 0 Å². The maximum Gasteiger partial charge on any atom is 0.248 e. The maximum absolute atomic E-state index is 12.2. The summed E-state index contributed by atoms with van der Waals surface area (Å²) in [4.78, 5) is 16.6. The third-order valence-electron chi connectivity index (χ3n) is 3.53. The van der Waals surface area contributed by atoms with Crippen LogP contribution in [0.15, 0.2) is 54.6 Å². The summed E-state index contributed by atoms with van der Waals surface area (Å²) in [7, 11) is 0. The molecule has 0 atom stereocenters. The molecule has 0 fully saturated rings. The van der Waals surface area contributed by atoms with E-state index in [1.54, 1.807) is 17.4 Å². The molecule has 0 aliphatic carbocycles. The molecule has 0 bridgehead atoms. The highest BCUT2D eigenvalue weighted by Gasteiger charge is 2.07. The van der Waals surface area contributed by atoms with E-state index >= 15 is 0 Å². The predicted molar refractivity (Wildman–Crippen MR) is 97.8 cm³/mol. The normalized spacial score (nSPS) is 11.4. The van der Waals surface area contributed by atoms with E-state index < -0.39 is 0 Å². The van der Waals surface area contributed by atoms with E-state index in [0.717, 1.165) is 26.5 Å². The number of carbonyl (C=O) groups excluding carboxylic acids is 1. The van der Waals surface area contributed by atoms with E-state index in [4.69, 9.17) is 0 Å². The molecule has 0 saturated carbocycles. The Labute approximate surface area is 139 Å². The highest BCUT2D eigenvalue weighted by atomic mass is 32.1. The van der Waals surface area contributed by atoms with E-state index in [0.29, 0.717) is 5.92 Å². The van der Waals surface area contributed by atoms with Gasteiger partial charge in [-0.15, -0.1) is 11.3 Å². The molecule has 0 spiro atoms. The van der Waals surface area contributed by atoms with Crippen molar-refractivity contribution in [1.82, 2.24) is 4.98 Å². The molecule has 4 heteroatoms. The quantitative estimate of drug-likeness (QED) is 0.681. The summed E-state index contributed by atoms with van der Waals surface area (Å²) in [6.45, 7) is 4.23. The number of rotatable bonds is 4. The van der Waals surface area contributed by atoms with Crippen molar-refractivity contribution >= 4 is 39.2 Å². The second kappa shape index (κ2) is 6.75. The Morgan fingerprint density at radius 2 is 1.87 bits per heavy atom. The SMILES string of the molecule is CC(C)c1ccccc1NC(=O)/C=C/c1nc2ccccc2s1. The molecule has 1 aromatic heterocycles. The number of hydrogen-bond donors (Lipinski definition) is 1. The summed E-state index contributed by atoms with van der Waals surface area (Å²) >= 11 is 1.58. The highest BCUT2D eigenvalue weighted by Crippen LogP contribution is 2.24. The fourth-order valence-electron chi connectivity index (χ4n) is 2.40. The van der Waals surface area contributed by atoms with Gasteiger partial charge in [-0.25, -0.2) is 4.98 Å². The first-order chi connectivity index (χ1) is 11.1. The lowest BCUT2D eigenvalue weighted by Crippen LogP contribution is -2.10. The first kappa shape index (κ1) is 15.4.